The van der Waals surface area contributed by atoms with Crippen molar-refractivity contribution >= 4 is 16.6 Å². The highest BCUT2D eigenvalue weighted by Gasteiger charge is 2.27. The SMILES string of the molecule is COc1ccc(-c2[nH]c3ccc(N4CCC(N5CCCC5)CC4)cc3c2C(C)C)cc1OC. The van der Waals surface area contributed by atoms with Crippen molar-refractivity contribution in [1.82, 2.24) is 9.88 Å². The number of aromatic amines is 1. The van der Waals surface area contributed by atoms with Gasteiger partial charge in [0.2, 0.25) is 0 Å². The van der Waals surface area contributed by atoms with E-state index in [1.54, 1.807) is 14.2 Å². The summed E-state index contributed by atoms with van der Waals surface area (Å²) in [6, 6.07) is 13.9. The van der Waals surface area contributed by atoms with Gasteiger partial charge in [-0.15, -0.1) is 0 Å². The largest absolute Gasteiger partial charge is 0.493 e. The van der Waals surface area contributed by atoms with Crippen LogP contribution in [0, 0.1) is 0 Å². The number of hydrogen-bond donors (Lipinski definition) is 1. The molecule has 1 N–H and O–H groups in total. The van der Waals surface area contributed by atoms with Crippen LogP contribution in [0.15, 0.2) is 36.4 Å². The van der Waals surface area contributed by atoms with E-state index in [2.05, 4.69) is 59.0 Å². The van der Waals surface area contributed by atoms with Crippen LogP contribution in [0.5, 0.6) is 11.5 Å². The number of anilines is 1. The molecule has 33 heavy (non-hydrogen) atoms. The van der Waals surface area contributed by atoms with E-state index >= 15 is 0 Å². The van der Waals surface area contributed by atoms with Gasteiger partial charge >= 0.3 is 0 Å². The maximum absolute atomic E-state index is 5.57. The molecule has 0 bridgehead atoms. The molecule has 0 aliphatic carbocycles. The molecule has 2 saturated heterocycles. The third-order valence-corrected chi connectivity index (χ3v) is 7.56. The fraction of sp³-hybridized carbons (Fsp3) is 0.500. The Hall–Kier alpha value is -2.66. The normalized spacial score (nSPS) is 17.9. The molecule has 3 heterocycles. The van der Waals surface area contributed by atoms with Gasteiger partial charge in [0.25, 0.3) is 0 Å². The summed E-state index contributed by atoms with van der Waals surface area (Å²) < 4.78 is 11.0. The predicted molar refractivity (Wildman–Crippen MR) is 137 cm³/mol. The van der Waals surface area contributed by atoms with E-state index in [-0.39, 0.29) is 0 Å². The van der Waals surface area contributed by atoms with Gasteiger partial charge < -0.3 is 24.3 Å². The summed E-state index contributed by atoms with van der Waals surface area (Å²) in [7, 11) is 3.37. The van der Waals surface area contributed by atoms with Crippen molar-refractivity contribution in [2.24, 2.45) is 0 Å². The fourth-order valence-electron chi connectivity index (χ4n) is 5.81. The van der Waals surface area contributed by atoms with Crippen LogP contribution in [0.3, 0.4) is 0 Å². The third-order valence-electron chi connectivity index (χ3n) is 7.56. The first-order chi connectivity index (χ1) is 16.1. The molecule has 2 aliphatic heterocycles. The van der Waals surface area contributed by atoms with Crippen LogP contribution < -0.4 is 14.4 Å². The lowest BCUT2D eigenvalue weighted by molar-refractivity contribution is 0.208. The standard InChI is InChI=1S/C28H37N3O2/c1-19(2)27-23-18-22(31-15-11-21(12-16-31)30-13-5-6-14-30)8-9-24(23)29-28(27)20-7-10-25(32-3)26(17-20)33-4/h7-10,17-19,21,29H,5-6,11-16H2,1-4H3. The van der Waals surface area contributed by atoms with Crippen molar-refractivity contribution < 1.29 is 9.47 Å². The first-order valence-corrected chi connectivity index (χ1v) is 12.5. The second kappa shape index (κ2) is 9.30. The van der Waals surface area contributed by atoms with Crippen LogP contribution in [0.1, 0.15) is 51.0 Å². The van der Waals surface area contributed by atoms with E-state index in [0.717, 1.165) is 36.2 Å². The maximum atomic E-state index is 5.57. The van der Waals surface area contributed by atoms with Crippen LogP contribution in [-0.4, -0.2) is 56.3 Å². The average molecular weight is 448 g/mol. The minimum atomic E-state index is 0.401. The van der Waals surface area contributed by atoms with E-state index in [4.69, 9.17) is 9.47 Å². The van der Waals surface area contributed by atoms with Gasteiger partial charge in [-0.1, -0.05) is 13.8 Å². The number of rotatable bonds is 6. The van der Waals surface area contributed by atoms with Crippen molar-refractivity contribution in [2.75, 3.05) is 45.3 Å². The molecule has 5 heteroatoms. The molecule has 2 fully saturated rings. The lowest BCUT2D eigenvalue weighted by Gasteiger charge is -2.37. The zero-order valence-corrected chi connectivity index (χ0v) is 20.5. The van der Waals surface area contributed by atoms with Gasteiger partial charge in [0, 0.05) is 41.3 Å². The topological polar surface area (TPSA) is 40.7 Å². The first-order valence-electron chi connectivity index (χ1n) is 12.5. The number of nitrogens with one attached hydrogen (secondary N) is 1. The molecule has 5 nitrogen and oxygen atoms in total. The molecule has 0 atom stereocenters. The van der Waals surface area contributed by atoms with Gasteiger partial charge in [-0.2, -0.15) is 0 Å². The predicted octanol–water partition coefficient (Wildman–Crippen LogP) is 6.04. The summed E-state index contributed by atoms with van der Waals surface area (Å²) in [5.74, 6) is 1.91. The lowest BCUT2D eigenvalue weighted by atomic mass is 9.95. The van der Waals surface area contributed by atoms with Crippen molar-refractivity contribution in [2.45, 2.75) is 51.5 Å². The van der Waals surface area contributed by atoms with Crippen molar-refractivity contribution in [3.05, 3.63) is 42.0 Å². The summed E-state index contributed by atoms with van der Waals surface area (Å²) in [5, 5.41) is 1.33. The van der Waals surface area contributed by atoms with E-state index < -0.39 is 0 Å². The number of likely N-dealkylation sites (tertiary alicyclic amines) is 1. The molecular weight excluding hydrogens is 410 g/mol. The summed E-state index contributed by atoms with van der Waals surface area (Å²) in [5.41, 5.74) is 6.21. The number of aromatic nitrogens is 1. The van der Waals surface area contributed by atoms with E-state index in [1.165, 1.54) is 66.6 Å². The summed E-state index contributed by atoms with van der Waals surface area (Å²) >= 11 is 0. The zero-order chi connectivity index (χ0) is 22.9. The number of nitrogens with zero attached hydrogens (tertiary/aromatic N) is 2. The summed E-state index contributed by atoms with van der Waals surface area (Å²) in [6.07, 6.45) is 5.31. The Morgan fingerprint density at radius 1 is 0.879 bits per heavy atom. The highest BCUT2D eigenvalue weighted by molar-refractivity contribution is 5.93. The lowest BCUT2D eigenvalue weighted by Crippen LogP contribution is -2.43. The second-order valence-electron chi connectivity index (χ2n) is 9.83. The molecule has 2 aliphatic rings. The van der Waals surface area contributed by atoms with Crippen molar-refractivity contribution in [3.63, 3.8) is 0 Å². The number of H-pyrrole nitrogens is 1. The quantitative estimate of drug-likeness (QED) is 0.500. The Labute approximate surface area is 197 Å². The molecule has 176 valence electrons. The molecule has 0 amide bonds. The molecule has 5 rings (SSSR count). The van der Waals surface area contributed by atoms with Crippen molar-refractivity contribution in [3.8, 4) is 22.8 Å². The Morgan fingerprint density at radius 2 is 1.61 bits per heavy atom. The fourth-order valence-corrected chi connectivity index (χ4v) is 5.81. The average Bonchev–Trinajstić information content (AvgIpc) is 3.51. The first kappa shape index (κ1) is 22.1. The van der Waals surface area contributed by atoms with Gasteiger partial charge in [-0.05, 0) is 86.7 Å². The van der Waals surface area contributed by atoms with E-state index in [9.17, 15) is 0 Å². The molecule has 0 spiro atoms. The molecule has 3 aromatic rings. The molecule has 1 aromatic heterocycles. The number of piperidine rings is 1. The van der Waals surface area contributed by atoms with Gasteiger partial charge in [-0.25, -0.2) is 0 Å². The number of hydrogen-bond acceptors (Lipinski definition) is 4. The van der Waals surface area contributed by atoms with Gasteiger partial charge in [0.1, 0.15) is 0 Å². The number of ether oxygens (including phenoxy) is 2. The van der Waals surface area contributed by atoms with Crippen LogP contribution in [0.2, 0.25) is 0 Å². The van der Waals surface area contributed by atoms with Crippen LogP contribution in [0.25, 0.3) is 22.2 Å². The van der Waals surface area contributed by atoms with Gasteiger partial charge in [-0.3, -0.25) is 0 Å². The monoisotopic (exact) mass is 447 g/mol. The Bertz CT molecular complexity index is 1110. The summed E-state index contributed by atoms with van der Waals surface area (Å²) in [4.78, 5) is 9.01. The van der Waals surface area contributed by atoms with Crippen molar-refractivity contribution in [1.29, 1.82) is 0 Å². The van der Waals surface area contributed by atoms with Gasteiger partial charge in [0.05, 0.1) is 19.9 Å². The Balaban J connectivity index is 1.45. The number of benzene rings is 2. The highest BCUT2D eigenvalue weighted by atomic mass is 16.5. The second-order valence-corrected chi connectivity index (χ2v) is 9.83. The summed E-state index contributed by atoms with van der Waals surface area (Å²) in [6.45, 7) is 9.46. The number of fused-ring (bicyclic) bond motifs is 1. The molecular formula is C28H37N3O2. The maximum Gasteiger partial charge on any atom is 0.161 e. The highest BCUT2D eigenvalue weighted by Crippen LogP contribution is 2.40. The molecule has 0 unspecified atom stereocenters. The van der Waals surface area contributed by atoms with Gasteiger partial charge in [0.15, 0.2) is 11.5 Å². The Kier molecular flexibility index (Phi) is 6.24. The van der Waals surface area contributed by atoms with E-state index in [1.807, 2.05) is 6.07 Å². The smallest absolute Gasteiger partial charge is 0.161 e. The van der Waals surface area contributed by atoms with Crippen LogP contribution in [-0.2, 0) is 0 Å². The van der Waals surface area contributed by atoms with E-state index in [0.29, 0.717) is 5.92 Å². The van der Waals surface area contributed by atoms with Crippen LogP contribution in [0.4, 0.5) is 5.69 Å². The van der Waals surface area contributed by atoms with Crippen LogP contribution >= 0.6 is 0 Å². The minimum Gasteiger partial charge on any atom is -0.493 e. The minimum absolute atomic E-state index is 0.401. The number of methoxy groups -OCH3 is 2. The third kappa shape index (κ3) is 4.19. The molecule has 2 aromatic carbocycles. The Morgan fingerprint density at radius 3 is 2.27 bits per heavy atom. The molecule has 0 saturated carbocycles. The zero-order valence-electron chi connectivity index (χ0n) is 20.5. The molecule has 0 radical (unpaired) electrons.